The van der Waals surface area contributed by atoms with Gasteiger partial charge in [0.25, 0.3) is 5.91 Å². The molecule has 0 saturated carbocycles. The van der Waals surface area contributed by atoms with E-state index in [1.165, 1.54) is 12.1 Å². The van der Waals surface area contributed by atoms with E-state index in [2.05, 4.69) is 12.2 Å². The molecule has 0 radical (unpaired) electrons. The van der Waals surface area contributed by atoms with Gasteiger partial charge in [0.1, 0.15) is 5.82 Å². The molecule has 1 atom stereocenters. The van der Waals surface area contributed by atoms with Gasteiger partial charge >= 0.3 is 0 Å². The molecular weight excluding hydrogens is 219 g/mol. The van der Waals surface area contributed by atoms with Crippen LogP contribution >= 0.6 is 0 Å². The number of unbranched alkanes of at least 4 members (excludes halogenated alkanes) is 1. The van der Waals surface area contributed by atoms with Crippen molar-refractivity contribution in [3.05, 3.63) is 29.6 Å². The van der Waals surface area contributed by atoms with Gasteiger partial charge in [-0.3, -0.25) is 4.79 Å². The summed E-state index contributed by atoms with van der Waals surface area (Å²) in [5, 5.41) is 2.85. The second-order valence-corrected chi connectivity index (χ2v) is 4.25. The zero-order valence-corrected chi connectivity index (χ0v) is 10.3. The molecular formula is C13H19FN2O. The van der Waals surface area contributed by atoms with Crippen LogP contribution in [0.1, 0.15) is 43.5 Å². The number of rotatable bonds is 5. The lowest BCUT2D eigenvalue weighted by Gasteiger charge is -2.14. The Kier molecular flexibility index (Phi) is 4.94. The van der Waals surface area contributed by atoms with Crippen molar-refractivity contribution in [2.45, 2.75) is 39.2 Å². The molecule has 1 aromatic rings. The molecule has 0 aliphatic rings. The minimum absolute atomic E-state index is 0.104. The van der Waals surface area contributed by atoms with Gasteiger partial charge in [-0.25, -0.2) is 4.39 Å². The van der Waals surface area contributed by atoms with Gasteiger partial charge in [-0.1, -0.05) is 19.8 Å². The van der Waals surface area contributed by atoms with E-state index < -0.39 is 5.82 Å². The summed E-state index contributed by atoms with van der Waals surface area (Å²) in [6, 6.07) is 3.91. The minimum atomic E-state index is -0.432. The molecule has 0 spiro atoms. The van der Waals surface area contributed by atoms with Crippen LogP contribution in [-0.4, -0.2) is 11.9 Å². The number of nitrogens with one attached hydrogen (secondary N) is 1. The number of carbonyl (C=O) groups is 1. The molecule has 0 aliphatic carbocycles. The molecule has 3 N–H and O–H groups in total. The van der Waals surface area contributed by atoms with Crippen LogP contribution in [0.2, 0.25) is 0 Å². The minimum Gasteiger partial charge on any atom is -0.398 e. The molecule has 17 heavy (non-hydrogen) atoms. The van der Waals surface area contributed by atoms with Crippen molar-refractivity contribution < 1.29 is 9.18 Å². The first-order valence-electron chi connectivity index (χ1n) is 5.90. The third-order valence-corrected chi connectivity index (χ3v) is 2.63. The Hall–Kier alpha value is -1.58. The number of hydrogen-bond donors (Lipinski definition) is 2. The van der Waals surface area contributed by atoms with Crippen LogP contribution in [-0.2, 0) is 0 Å². The van der Waals surface area contributed by atoms with Gasteiger partial charge in [0, 0.05) is 11.7 Å². The van der Waals surface area contributed by atoms with E-state index in [0.29, 0.717) is 5.56 Å². The van der Waals surface area contributed by atoms with Crippen LogP contribution in [0.3, 0.4) is 0 Å². The summed E-state index contributed by atoms with van der Waals surface area (Å²) < 4.78 is 12.8. The molecule has 0 heterocycles. The number of anilines is 1. The van der Waals surface area contributed by atoms with E-state index in [4.69, 9.17) is 5.73 Å². The van der Waals surface area contributed by atoms with Crippen molar-refractivity contribution in [3.8, 4) is 0 Å². The first kappa shape index (κ1) is 13.5. The zero-order chi connectivity index (χ0) is 12.8. The highest BCUT2D eigenvalue weighted by molar-refractivity contribution is 5.99. The number of nitrogen functional groups attached to an aromatic ring is 1. The number of benzene rings is 1. The quantitative estimate of drug-likeness (QED) is 0.775. The van der Waals surface area contributed by atoms with Crippen molar-refractivity contribution in [2.75, 3.05) is 5.73 Å². The largest absolute Gasteiger partial charge is 0.398 e. The molecule has 0 aliphatic heterocycles. The summed E-state index contributed by atoms with van der Waals surface area (Å²) in [6.45, 7) is 4.06. The zero-order valence-electron chi connectivity index (χ0n) is 10.3. The number of amides is 1. The predicted molar refractivity (Wildman–Crippen MR) is 67.3 cm³/mol. The fourth-order valence-electron chi connectivity index (χ4n) is 1.62. The van der Waals surface area contributed by atoms with Gasteiger partial charge < -0.3 is 11.1 Å². The van der Waals surface area contributed by atoms with E-state index in [-0.39, 0.29) is 17.6 Å². The van der Waals surface area contributed by atoms with Gasteiger partial charge in [-0.15, -0.1) is 0 Å². The van der Waals surface area contributed by atoms with Crippen molar-refractivity contribution in [3.63, 3.8) is 0 Å². The van der Waals surface area contributed by atoms with E-state index in [1.54, 1.807) is 0 Å². The number of carbonyl (C=O) groups excluding carboxylic acids is 1. The van der Waals surface area contributed by atoms with E-state index in [9.17, 15) is 9.18 Å². The molecule has 0 bridgehead atoms. The first-order valence-corrected chi connectivity index (χ1v) is 5.90. The molecule has 1 amide bonds. The monoisotopic (exact) mass is 238 g/mol. The Morgan fingerprint density at radius 3 is 2.82 bits per heavy atom. The third kappa shape index (κ3) is 4.06. The number of nitrogens with two attached hydrogens (primary N) is 1. The van der Waals surface area contributed by atoms with Gasteiger partial charge in [-0.2, -0.15) is 0 Å². The molecule has 1 aromatic carbocycles. The Morgan fingerprint density at radius 1 is 1.53 bits per heavy atom. The van der Waals surface area contributed by atoms with Crippen molar-refractivity contribution >= 4 is 11.6 Å². The average Bonchev–Trinajstić information content (AvgIpc) is 2.26. The van der Waals surface area contributed by atoms with Crippen LogP contribution < -0.4 is 11.1 Å². The molecule has 0 fully saturated rings. The molecule has 4 heteroatoms. The highest BCUT2D eigenvalue weighted by Crippen LogP contribution is 2.13. The normalized spacial score (nSPS) is 12.2. The first-order chi connectivity index (χ1) is 8.04. The summed E-state index contributed by atoms with van der Waals surface area (Å²) in [4.78, 5) is 11.8. The van der Waals surface area contributed by atoms with Crippen molar-refractivity contribution in [1.82, 2.24) is 5.32 Å². The van der Waals surface area contributed by atoms with E-state index in [1.807, 2.05) is 6.92 Å². The maximum Gasteiger partial charge on any atom is 0.253 e. The second-order valence-electron chi connectivity index (χ2n) is 4.25. The van der Waals surface area contributed by atoms with Crippen LogP contribution in [0.25, 0.3) is 0 Å². The summed E-state index contributed by atoms with van der Waals surface area (Å²) in [7, 11) is 0. The Bertz CT molecular complexity index is 393. The molecule has 1 unspecified atom stereocenters. The topological polar surface area (TPSA) is 55.1 Å². The molecule has 0 aromatic heterocycles. The van der Waals surface area contributed by atoms with E-state index >= 15 is 0 Å². The smallest absolute Gasteiger partial charge is 0.253 e. The lowest BCUT2D eigenvalue weighted by Crippen LogP contribution is -2.32. The highest BCUT2D eigenvalue weighted by Gasteiger charge is 2.12. The van der Waals surface area contributed by atoms with Crippen LogP contribution in [0.4, 0.5) is 10.1 Å². The highest BCUT2D eigenvalue weighted by atomic mass is 19.1. The Balaban J connectivity index is 2.63. The lowest BCUT2D eigenvalue weighted by molar-refractivity contribution is 0.0939. The molecule has 3 nitrogen and oxygen atoms in total. The Labute approximate surface area is 101 Å². The van der Waals surface area contributed by atoms with Gasteiger partial charge in [0.2, 0.25) is 0 Å². The number of hydrogen-bond acceptors (Lipinski definition) is 2. The molecule has 1 rings (SSSR count). The van der Waals surface area contributed by atoms with Crippen molar-refractivity contribution in [1.29, 1.82) is 0 Å². The maximum absolute atomic E-state index is 12.8. The van der Waals surface area contributed by atoms with Crippen molar-refractivity contribution in [2.24, 2.45) is 0 Å². The molecule has 94 valence electrons. The number of halogens is 1. The van der Waals surface area contributed by atoms with Gasteiger partial charge in [0.15, 0.2) is 0 Å². The average molecular weight is 238 g/mol. The summed E-state index contributed by atoms with van der Waals surface area (Å²) >= 11 is 0. The van der Waals surface area contributed by atoms with Crippen LogP contribution in [0, 0.1) is 5.82 Å². The van der Waals surface area contributed by atoms with Gasteiger partial charge in [0.05, 0.1) is 5.56 Å². The SMILES string of the molecule is CCCCC(C)NC(=O)c1ccc(F)cc1N. The molecule has 0 saturated heterocycles. The predicted octanol–water partition coefficient (Wildman–Crippen LogP) is 2.72. The van der Waals surface area contributed by atoms with Gasteiger partial charge in [-0.05, 0) is 31.5 Å². The second kappa shape index (κ2) is 6.23. The standard InChI is InChI=1S/C13H19FN2O/c1-3-4-5-9(2)16-13(17)11-7-6-10(14)8-12(11)15/h6-9H,3-5,15H2,1-2H3,(H,16,17). The summed E-state index contributed by atoms with van der Waals surface area (Å²) in [5.41, 5.74) is 6.10. The third-order valence-electron chi connectivity index (χ3n) is 2.63. The fraction of sp³-hybridized carbons (Fsp3) is 0.462. The van der Waals surface area contributed by atoms with E-state index in [0.717, 1.165) is 25.3 Å². The fourth-order valence-corrected chi connectivity index (χ4v) is 1.62. The maximum atomic E-state index is 12.8. The summed E-state index contributed by atoms with van der Waals surface area (Å²) in [6.07, 6.45) is 3.10. The van der Waals surface area contributed by atoms with Crippen LogP contribution in [0.5, 0.6) is 0 Å². The Morgan fingerprint density at radius 2 is 2.24 bits per heavy atom. The van der Waals surface area contributed by atoms with Crippen LogP contribution in [0.15, 0.2) is 18.2 Å². The summed E-state index contributed by atoms with van der Waals surface area (Å²) in [5.74, 6) is -0.677. The lowest BCUT2D eigenvalue weighted by atomic mass is 10.1.